The summed E-state index contributed by atoms with van der Waals surface area (Å²) in [5.41, 5.74) is -1.38. The maximum atomic E-state index is 13.2. The summed E-state index contributed by atoms with van der Waals surface area (Å²) in [5, 5.41) is 16.7. The van der Waals surface area contributed by atoms with E-state index in [2.05, 4.69) is 10.3 Å². The van der Waals surface area contributed by atoms with Crippen molar-refractivity contribution in [2.24, 2.45) is 5.92 Å². The van der Waals surface area contributed by atoms with Gasteiger partial charge < -0.3 is 10.0 Å². The van der Waals surface area contributed by atoms with Crippen LogP contribution in [-0.4, -0.2) is 49.5 Å². The molecule has 2 atom stereocenters. The van der Waals surface area contributed by atoms with Crippen LogP contribution in [0.3, 0.4) is 0 Å². The molecule has 2 aromatic rings. The number of halogens is 3. The van der Waals surface area contributed by atoms with E-state index in [0.29, 0.717) is 12.8 Å². The highest BCUT2D eigenvalue weighted by Gasteiger charge is 2.37. The monoisotopic (exact) mass is 382 g/mol. The number of hydrogen-bond donors (Lipinski definition) is 1. The molecule has 7 nitrogen and oxygen atoms in total. The van der Waals surface area contributed by atoms with E-state index in [4.69, 9.17) is 0 Å². The van der Waals surface area contributed by atoms with Gasteiger partial charge in [0.05, 0.1) is 17.4 Å². The number of benzene rings is 1. The van der Waals surface area contributed by atoms with Crippen molar-refractivity contribution in [1.82, 2.24) is 19.9 Å². The van der Waals surface area contributed by atoms with Gasteiger partial charge in [-0.1, -0.05) is 24.3 Å². The van der Waals surface area contributed by atoms with E-state index in [-0.39, 0.29) is 23.8 Å². The molecule has 27 heavy (non-hydrogen) atoms. The van der Waals surface area contributed by atoms with Crippen molar-refractivity contribution in [3.63, 3.8) is 0 Å². The Morgan fingerprint density at radius 1 is 1.26 bits per heavy atom. The second kappa shape index (κ2) is 7.01. The van der Waals surface area contributed by atoms with Crippen LogP contribution < -0.4 is 0 Å². The van der Waals surface area contributed by atoms with Crippen molar-refractivity contribution in [1.29, 1.82) is 0 Å². The lowest BCUT2D eigenvalue weighted by Gasteiger charge is -2.35. The lowest BCUT2D eigenvalue weighted by Crippen LogP contribution is -2.49. The van der Waals surface area contributed by atoms with Crippen LogP contribution in [0, 0.1) is 5.92 Å². The Kier molecular flexibility index (Phi) is 4.90. The fraction of sp³-hybridized carbons (Fsp3) is 0.412. The minimum atomic E-state index is -4.59. The van der Waals surface area contributed by atoms with Gasteiger partial charge in [0.2, 0.25) is 0 Å². The minimum absolute atomic E-state index is 0.157. The first-order valence-corrected chi connectivity index (χ1v) is 8.31. The average molecular weight is 382 g/mol. The molecule has 2 heterocycles. The molecule has 1 N–H and O–H groups in total. The van der Waals surface area contributed by atoms with Crippen molar-refractivity contribution in [2.45, 2.75) is 32.0 Å². The lowest BCUT2D eigenvalue weighted by atomic mass is 9.92. The second-order valence-corrected chi connectivity index (χ2v) is 6.55. The highest BCUT2D eigenvalue weighted by molar-refractivity contribution is 5.95. The third kappa shape index (κ3) is 3.79. The predicted octanol–water partition coefficient (Wildman–Crippen LogP) is 2.61. The number of alkyl halides is 3. The molecular weight excluding hydrogens is 365 g/mol. The van der Waals surface area contributed by atoms with E-state index in [9.17, 15) is 27.9 Å². The number of amides is 1. The van der Waals surface area contributed by atoms with E-state index < -0.39 is 29.7 Å². The number of hydrogen-bond acceptors (Lipinski definition) is 4. The highest BCUT2D eigenvalue weighted by Crippen LogP contribution is 2.33. The van der Waals surface area contributed by atoms with E-state index in [1.165, 1.54) is 23.1 Å². The number of aromatic nitrogens is 3. The van der Waals surface area contributed by atoms with Gasteiger partial charge in [0.25, 0.3) is 5.91 Å². The fourth-order valence-corrected chi connectivity index (χ4v) is 3.16. The molecule has 0 saturated carbocycles. The van der Waals surface area contributed by atoms with Gasteiger partial charge in [-0.2, -0.15) is 13.2 Å². The van der Waals surface area contributed by atoms with Crippen molar-refractivity contribution in [3.8, 4) is 5.69 Å². The summed E-state index contributed by atoms with van der Waals surface area (Å²) in [5.74, 6) is -1.63. The number of carboxylic acids is 1. The average Bonchev–Trinajstić information content (AvgIpc) is 3.10. The smallest absolute Gasteiger partial charge is 0.418 e. The molecule has 0 aliphatic carbocycles. The summed E-state index contributed by atoms with van der Waals surface area (Å²) >= 11 is 0. The standard InChI is InChI=1S/C17H17F3N4O3/c1-10-6-7-23(14(8-10)16(26)27)15(25)12-9-24(22-21-12)13-5-3-2-4-11(13)17(18,19)20/h2-5,9-10,14H,6-8H2,1H3,(H,26,27). The van der Waals surface area contributed by atoms with E-state index in [1.54, 1.807) is 0 Å². The van der Waals surface area contributed by atoms with Gasteiger partial charge >= 0.3 is 12.1 Å². The zero-order chi connectivity index (χ0) is 19.8. The van der Waals surface area contributed by atoms with Crippen molar-refractivity contribution < 1.29 is 27.9 Å². The van der Waals surface area contributed by atoms with Crippen LogP contribution in [0.2, 0.25) is 0 Å². The zero-order valence-electron chi connectivity index (χ0n) is 14.3. The molecule has 1 saturated heterocycles. The summed E-state index contributed by atoms with van der Waals surface area (Å²) < 4.78 is 40.4. The van der Waals surface area contributed by atoms with Crippen molar-refractivity contribution >= 4 is 11.9 Å². The molecule has 1 aliphatic rings. The number of likely N-dealkylation sites (tertiary alicyclic amines) is 1. The Morgan fingerprint density at radius 2 is 1.96 bits per heavy atom. The van der Waals surface area contributed by atoms with Gasteiger partial charge in [-0.3, -0.25) is 4.79 Å². The number of aliphatic carboxylic acids is 1. The first kappa shape index (κ1) is 18.9. The van der Waals surface area contributed by atoms with Crippen LogP contribution in [-0.2, 0) is 11.0 Å². The number of carboxylic acid groups (broad SMARTS) is 1. The summed E-state index contributed by atoms with van der Waals surface area (Å²) in [6.07, 6.45) is -2.55. The lowest BCUT2D eigenvalue weighted by molar-refractivity contribution is -0.144. The van der Waals surface area contributed by atoms with Gasteiger partial charge in [0.15, 0.2) is 5.69 Å². The van der Waals surface area contributed by atoms with Crippen LogP contribution in [0.15, 0.2) is 30.5 Å². The molecule has 10 heteroatoms. The maximum Gasteiger partial charge on any atom is 0.418 e. The van der Waals surface area contributed by atoms with Crippen LogP contribution in [0.25, 0.3) is 5.69 Å². The summed E-state index contributed by atoms with van der Waals surface area (Å²) in [6.45, 7) is 2.14. The molecule has 1 aromatic carbocycles. The number of carbonyl (C=O) groups is 2. The van der Waals surface area contributed by atoms with Gasteiger partial charge in [-0.25, -0.2) is 9.48 Å². The molecule has 0 spiro atoms. The Balaban J connectivity index is 1.90. The van der Waals surface area contributed by atoms with E-state index in [0.717, 1.165) is 16.9 Å². The quantitative estimate of drug-likeness (QED) is 0.882. The SMILES string of the molecule is CC1CCN(C(=O)c2cn(-c3ccccc3C(F)(F)F)nn2)C(C(=O)O)C1. The molecule has 0 radical (unpaired) electrons. The number of carbonyl (C=O) groups excluding carboxylic acids is 1. The summed E-state index contributed by atoms with van der Waals surface area (Å²) in [7, 11) is 0. The van der Waals surface area contributed by atoms with Crippen molar-refractivity contribution in [2.75, 3.05) is 6.54 Å². The molecule has 1 aliphatic heterocycles. The maximum absolute atomic E-state index is 13.2. The minimum Gasteiger partial charge on any atom is -0.480 e. The highest BCUT2D eigenvalue weighted by atomic mass is 19.4. The molecular formula is C17H17F3N4O3. The topological polar surface area (TPSA) is 88.3 Å². The zero-order valence-corrected chi connectivity index (χ0v) is 14.3. The van der Waals surface area contributed by atoms with Crippen molar-refractivity contribution in [3.05, 3.63) is 41.7 Å². The number of piperidine rings is 1. The molecule has 1 aromatic heterocycles. The van der Waals surface area contributed by atoms with Gasteiger partial charge in [0, 0.05) is 6.54 Å². The van der Waals surface area contributed by atoms with Crippen LogP contribution in [0.1, 0.15) is 35.8 Å². The third-order valence-electron chi connectivity index (χ3n) is 4.58. The summed E-state index contributed by atoms with van der Waals surface area (Å²) in [6, 6.07) is 3.80. The van der Waals surface area contributed by atoms with E-state index in [1.807, 2.05) is 6.92 Å². The molecule has 144 valence electrons. The predicted molar refractivity (Wildman–Crippen MR) is 87.2 cm³/mol. The van der Waals surface area contributed by atoms with E-state index >= 15 is 0 Å². The Labute approximate surface area is 152 Å². The van der Waals surface area contributed by atoms with Crippen LogP contribution >= 0.6 is 0 Å². The largest absolute Gasteiger partial charge is 0.480 e. The van der Waals surface area contributed by atoms with Gasteiger partial charge in [-0.05, 0) is 30.9 Å². The Hall–Kier alpha value is -2.91. The second-order valence-electron chi connectivity index (χ2n) is 6.55. The number of rotatable bonds is 3. The molecule has 0 bridgehead atoms. The molecule has 1 fully saturated rings. The Bertz CT molecular complexity index is 865. The molecule has 2 unspecified atom stereocenters. The fourth-order valence-electron chi connectivity index (χ4n) is 3.16. The molecule has 3 rings (SSSR count). The van der Waals surface area contributed by atoms with Crippen LogP contribution in [0.4, 0.5) is 13.2 Å². The third-order valence-corrected chi connectivity index (χ3v) is 4.58. The Morgan fingerprint density at radius 3 is 2.63 bits per heavy atom. The summed E-state index contributed by atoms with van der Waals surface area (Å²) in [4.78, 5) is 25.3. The normalized spacial score (nSPS) is 20.5. The first-order chi connectivity index (χ1) is 12.7. The van der Waals surface area contributed by atoms with Crippen LogP contribution in [0.5, 0.6) is 0 Å². The first-order valence-electron chi connectivity index (χ1n) is 8.31. The number of nitrogens with zero attached hydrogens (tertiary/aromatic N) is 4. The molecule has 1 amide bonds. The van der Waals surface area contributed by atoms with Gasteiger partial charge in [-0.15, -0.1) is 5.10 Å². The number of para-hydroxylation sites is 1. The van der Waals surface area contributed by atoms with Gasteiger partial charge in [0.1, 0.15) is 6.04 Å².